The Kier molecular flexibility index (Phi) is 4.04. The molecule has 0 spiro atoms. The molecular weight excluding hydrogens is 236 g/mol. The Labute approximate surface area is 115 Å². The Morgan fingerprint density at radius 1 is 1.37 bits per heavy atom. The van der Waals surface area contributed by atoms with Gasteiger partial charge in [0.25, 0.3) is 0 Å². The van der Waals surface area contributed by atoms with Crippen LogP contribution < -0.4 is 10.2 Å². The number of anilines is 1. The van der Waals surface area contributed by atoms with E-state index in [0.717, 1.165) is 26.2 Å². The standard InChI is InChI=1S/C16H24N2O/c1-2-14-11-18(12-15-7-5-9-19-15)16-8-4-3-6-13(16)10-17-14/h3-4,6,8,14-15,17H,2,5,7,9-12H2,1H3. The zero-order valence-electron chi connectivity index (χ0n) is 11.8. The third kappa shape index (κ3) is 2.93. The summed E-state index contributed by atoms with van der Waals surface area (Å²) in [5.74, 6) is 0. The Morgan fingerprint density at radius 3 is 3.05 bits per heavy atom. The fraction of sp³-hybridized carbons (Fsp3) is 0.625. The van der Waals surface area contributed by atoms with Gasteiger partial charge in [-0.1, -0.05) is 25.1 Å². The minimum absolute atomic E-state index is 0.420. The van der Waals surface area contributed by atoms with Gasteiger partial charge in [0.2, 0.25) is 0 Å². The molecule has 3 nitrogen and oxygen atoms in total. The van der Waals surface area contributed by atoms with Crippen molar-refractivity contribution in [1.29, 1.82) is 0 Å². The van der Waals surface area contributed by atoms with Crippen LogP contribution in [0.25, 0.3) is 0 Å². The molecule has 0 aromatic heterocycles. The summed E-state index contributed by atoms with van der Waals surface area (Å²) in [4.78, 5) is 2.53. The molecule has 2 unspecified atom stereocenters. The highest BCUT2D eigenvalue weighted by Gasteiger charge is 2.24. The maximum Gasteiger partial charge on any atom is 0.0750 e. The van der Waals surface area contributed by atoms with Crippen LogP contribution in [0, 0.1) is 0 Å². The lowest BCUT2D eigenvalue weighted by molar-refractivity contribution is 0.115. The van der Waals surface area contributed by atoms with Crippen molar-refractivity contribution in [2.45, 2.75) is 44.9 Å². The Morgan fingerprint density at radius 2 is 2.26 bits per heavy atom. The number of para-hydroxylation sites is 1. The molecule has 1 aromatic carbocycles. The van der Waals surface area contributed by atoms with E-state index in [0.29, 0.717) is 12.1 Å². The molecular formula is C16H24N2O. The summed E-state index contributed by atoms with van der Waals surface area (Å²) in [6.07, 6.45) is 4.03. The maximum absolute atomic E-state index is 5.82. The van der Waals surface area contributed by atoms with E-state index in [-0.39, 0.29) is 0 Å². The van der Waals surface area contributed by atoms with Crippen molar-refractivity contribution < 1.29 is 4.74 Å². The molecule has 1 fully saturated rings. The van der Waals surface area contributed by atoms with Gasteiger partial charge >= 0.3 is 0 Å². The molecule has 0 amide bonds. The minimum atomic E-state index is 0.420. The number of nitrogens with one attached hydrogen (secondary N) is 1. The van der Waals surface area contributed by atoms with Gasteiger partial charge in [0, 0.05) is 38.0 Å². The summed E-state index contributed by atoms with van der Waals surface area (Å²) >= 11 is 0. The number of rotatable bonds is 3. The highest BCUT2D eigenvalue weighted by atomic mass is 16.5. The van der Waals surface area contributed by atoms with E-state index in [9.17, 15) is 0 Å². The Balaban J connectivity index is 1.80. The molecule has 1 aromatic rings. The number of ether oxygens (including phenoxy) is 1. The summed E-state index contributed by atoms with van der Waals surface area (Å²) < 4.78 is 5.82. The molecule has 19 heavy (non-hydrogen) atoms. The third-order valence-corrected chi connectivity index (χ3v) is 4.30. The molecule has 3 rings (SSSR count). The smallest absolute Gasteiger partial charge is 0.0750 e. The molecule has 2 atom stereocenters. The topological polar surface area (TPSA) is 24.5 Å². The summed E-state index contributed by atoms with van der Waals surface area (Å²) in [6, 6.07) is 9.35. The lowest BCUT2D eigenvalue weighted by Crippen LogP contribution is -2.41. The quantitative estimate of drug-likeness (QED) is 0.904. The fourth-order valence-electron chi connectivity index (χ4n) is 3.13. The second kappa shape index (κ2) is 5.93. The molecule has 2 aliphatic rings. The number of hydrogen-bond donors (Lipinski definition) is 1. The number of benzene rings is 1. The van der Waals surface area contributed by atoms with E-state index in [1.807, 2.05) is 0 Å². The molecule has 0 bridgehead atoms. The van der Waals surface area contributed by atoms with Gasteiger partial charge in [0.05, 0.1) is 6.10 Å². The van der Waals surface area contributed by atoms with Crippen molar-refractivity contribution in [3.63, 3.8) is 0 Å². The van der Waals surface area contributed by atoms with Crippen LogP contribution >= 0.6 is 0 Å². The van der Waals surface area contributed by atoms with E-state index >= 15 is 0 Å². The lowest BCUT2D eigenvalue weighted by Gasteiger charge is -2.29. The van der Waals surface area contributed by atoms with Gasteiger partial charge in [-0.05, 0) is 30.9 Å². The van der Waals surface area contributed by atoms with Crippen LogP contribution in [0.2, 0.25) is 0 Å². The average molecular weight is 260 g/mol. The van der Waals surface area contributed by atoms with Gasteiger partial charge in [-0.25, -0.2) is 0 Å². The molecule has 1 saturated heterocycles. The first-order valence-corrected chi connectivity index (χ1v) is 7.54. The normalized spacial score (nSPS) is 27.1. The van der Waals surface area contributed by atoms with E-state index in [2.05, 4.69) is 41.4 Å². The first-order chi connectivity index (χ1) is 9.36. The molecule has 3 heteroatoms. The van der Waals surface area contributed by atoms with Crippen LogP contribution in [0.4, 0.5) is 5.69 Å². The third-order valence-electron chi connectivity index (χ3n) is 4.30. The average Bonchev–Trinajstić information content (AvgIpc) is 2.88. The van der Waals surface area contributed by atoms with Crippen molar-refractivity contribution >= 4 is 5.69 Å². The van der Waals surface area contributed by atoms with Crippen molar-refractivity contribution in [3.8, 4) is 0 Å². The van der Waals surface area contributed by atoms with Crippen molar-refractivity contribution in [1.82, 2.24) is 5.32 Å². The van der Waals surface area contributed by atoms with Crippen LogP contribution in [0.5, 0.6) is 0 Å². The summed E-state index contributed by atoms with van der Waals surface area (Å²) in [7, 11) is 0. The van der Waals surface area contributed by atoms with Gasteiger partial charge in [-0.3, -0.25) is 0 Å². The van der Waals surface area contributed by atoms with Crippen LogP contribution in [0.3, 0.4) is 0 Å². The highest BCUT2D eigenvalue weighted by Crippen LogP contribution is 2.26. The van der Waals surface area contributed by atoms with Crippen LogP contribution in [0.15, 0.2) is 24.3 Å². The summed E-state index contributed by atoms with van der Waals surface area (Å²) in [5.41, 5.74) is 2.80. The molecule has 2 aliphatic heterocycles. The number of nitrogens with zero attached hydrogens (tertiary/aromatic N) is 1. The zero-order chi connectivity index (χ0) is 13.1. The van der Waals surface area contributed by atoms with Crippen LogP contribution in [-0.2, 0) is 11.3 Å². The summed E-state index contributed by atoms with van der Waals surface area (Å²) in [6.45, 7) is 6.31. The SMILES string of the molecule is CCC1CN(CC2CCCO2)c2ccccc2CN1. The molecule has 0 saturated carbocycles. The number of hydrogen-bond acceptors (Lipinski definition) is 3. The largest absolute Gasteiger partial charge is 0.376 e. The molecule has 1 N–H and O–H groups in total. The van der Waals surface area contributed by atoms with Crippen molar-refractivity contribution in [2.75, 3.05) is 24.6 Å². The van der Waals surface area contributed by atoms with Crippen LogP contribution in [0.1, 0.15) is 31.7 Å². The minimum Gasteiger partial charge on any atom is -0.376 e. The van der Waals surface area contributed by atoms with Gasteiger partial charge in [-0.2, -0.15) is 0 Å². The van der Waals surface area contributed by atoms with E-state index in [1.54, 1.807) is 0 Å². The van der Waals surface area contributed by atoms with Gasteiger partial charge in [-0.15, -0.1) is 0 Å². The second-order valence-corrected chi connectivity index (χ2v) is 5.65. The monoisotopic (exact) mass is 260 g/mol. The molecule has 104 valence electrons. The Bertz CT molecular complexity index is 415. The van der Waals surface area contributed by atoms with Crippen LogP contribution in [-0.4, -0.2) is 31.8 Å². The zero-order valence-corrected chi connectivity index (χ0v) is 11.8. The summed E-state index contributed by atoms with van der Waals surface area (Å²) in [5, 5.41) is 3.66. The molecule has 2 heterocycles. The van der Waals surface area contributed by atoms with Crippen molar-refractivity contribution in [2.24, 2.45) is 0 Å². The van der Waals surface area contributed by atoms with Gasteiger partial charge in [0.15, 0.2) is 0 Å². The second-order valence-electron chi connectivity index (χ2n) is 5.65. The predicted molar refractivity (Wildman–Crippen MR) is 78.5 cm³/mol. The van der Waals surface area contributed by atoms with Gasteiger partial charge in [0.1, 0.15) is 0 Å². The first kappa shape index (κ1) is 12.9. The fourth-order valence-corrected chi connectivity index (χ4v) is 3.13. The highest BCUT2D eigenvalue weighted by molar-refractivity contribution is 5.54. The van der Waals surface area contributed by atoms with E-state index < -0.39 is 0 Å². The molecule has 0 aliphatic carbocycles. The van der Waals surface area contributed by atoms with E-state index in [1.165, 1.54) is 30.5 Å². The predicted octanol–water partition coefficient (Wildman–Crippen LogP) is 2.55. The van der Waals surface area contributed by atoms with E-state index in [4.69, 9.17) is 4.74 Å². The first-order valence-electron chi connectivity index (χ1n) is 7.54. The number of fused-ring (bicyclic) bond motifs is 1. The maximum atomic E-state index is 5.82. The van der Waals surface area contributed by atoms with Crippen molar-refractivity contribution in [3.05, 3.63) is 29.8 Å². The Hall–Kier alpha value is -1.06. The lowest BCUT2D eigenvalue weighted by atomic mass is 10.1. The molecule has 0 radical (unpaired) electrons. The van der Waals surface area contributed by atoms with Gasteiger partial charge < -0.3 is 15.0 Å².